The Balaban J connectivity index is 0.000000131. The maximum Gasteiger partial charge on any atom is 0.139 e. The molecule has 256 valence electrons. The monoisotopic (exact) mass is 646 g/mol. The van der Waals surface area contributed by atoms with Gasteiger partial charge in [0.25, 0.3) is 0 Å². The minimum atomic E-state index is -0.00833. The normalized spacial score (nSPS) is 46.2. The molecule has 8 aliphatic rings. The van der Waals surface area contributed by atoms with Crippen molar-refractivity contribution in [1.29, 1.82) is 0 Å². The van der Waals surface area contributed by atoms with Gasteiger partial charge in [-0.15, -0.1) is 0 Å². The van der Waals surface area contributed by atoms with Crippen LogP contribution in [0.5, 0.6) is 5.75 Å². The molecule has 10 rings (SSSR count). The molecule has 0 heterocycles. The summed E-state index contributed by atoms with van der Waals surface area (Å²) in [6.07, 6.45) is 18.4. The molecule has 2 spiro atoms. The van der Waals surface area contributed by atoms with Crippen molar-refractivity contribution in [2.24, 2.45) is 45.3 Å². The molecule has 10 atom stereocenters. The van der Waals surface area contributed by atoms with Gasteiger partial charge in [-0.2, -0.15) is 0 Å². The van der Waals surface area contributed by atoms with Gasteiger partial charge in [0.2, 0.25) is 0 Å². The van der Waals surface area contributed by atoms with Crippen molar-refractivity contribution < 1.29 is 14.7 Å². The largest absolute Gasteiger partial charge is 0.508 e. The predicted octanol–water partition coefficient (Wildman–Crippen LogP) is 10.1. The zero-order valence-corrected chi connectivity index (χ0v) is 30.4. The fourth-order valence-corrected chi connectivity index (χ4v) is 15.5. The summed E-state index contributed by atoms with van der Waals surface area (Å²) in [6.45, 7) is 12.0. The minimum Gasteiger partial charge on any atom is -0.508 e. The van der Waals surface area contributed by atoms with Crippen LogP contribution < -0.4 is 0 Å². The third kappa shape index (κ3) is 3.73. The predicted molar refractivity (Wildman–Crippen MR) is 191 cm³/mol. The number of aryl methyl sites for hydroxylation is 3. The van der Waals surface area contributed by atoms with Gasteiger partial charge in [-0.1, -0.05) is 57.5 Å². The number of carbonyl (C=O) groups excluding carboxylic acids is 2. The highest BCUT2D eigenvalue weighted by Crippen LogP contribution is 2.74. The number of phenolic OH excluding ortho intramolecular Hbond substituents is 1. The summed E-state index contributed by atoms with van der Waals surface area (Å²) in [5.41, 5.74) is 8.47. The Bertz CT molecular complexity index is 1600. The molecule has 3 nitrogen and oxygen atoms in total. The first kappa shape index (κ1) is 31.6. The lowest BCUT2D eigenvalue weighted by molar-refractivity contribution is -0.140. The maximum atomic E-state index is 13.1. The van der Waals surface area contributed by atoms with Crippen LogP contribution in [0.15, 0.2) is 36.4 Å². The fourth-order valence-electron chi connectivity index (χ4n) is 15.5. The quantitative estimate of drug-likeness (QED) is 0.310. The van der Waals surface area contributed by atoms with Crippen LogP contribution >= 0.6 is 0 Å². The van der Waals surface area contributed by atoms with E-state index in [2.05, 4.69) is 58.9 Å². The zero-order chi connectivity index (χ0) is 33.5. The minimum absolute atomic E-state index is 0.00833. The summed E-state index contributed by atoms with van der Waals surface area (Å²) in [5, 5.41) is 9.86. The Morgan fingerprint density at radius 1 is 0.542 bits per heavy atom. The molecule has 0 amide bonds. The lowest BCUT2D eigenvalue weighted by Gasteiger charge is -2.57. The number of carbonyl (C=O) groups is 2. The highest BCUT2D eigenvalue weighted by Gasteiger charge is 2.71. The Morgan fingerprint density at radius 3 is 1.54 bits per heavy atom. The van der Waals surface area contributed by atoms with Crippen molar-refractivity contribution in [3.05, 3.63) is 64.2 Å². The van der Waals surface area contributed by atoms with Gasteiger partial charge in [0, 0.05) is 23.7 Å². The van der Waals surface area contributed by atoms with Crippen molar-refractivity contribution in [2.75, 3.05) is 0 Å². The van der Waals surface area contributed by atoms with Crippen LogP contribution in [0.25, 0.3) is 0 Å². The number of hydrogen-bond donors (Lipinski definition) is 1. The molecule has 1 N–H and O–H groups in total. The SMILES string of the molecule is C[C@]12CCC(=O)[C@]13CC[C@]1(C)c4ccc(O)cc4CCC1C3CC2.Cc1ccc2c(c1)CCC1C3CC[C@@]4(C)CCC(=O)[C@@]34CC[C@]21C. The molecule has 8 aliphatic carbocycles. The van der Waals surface area contributed by atoms with Gasteiger partial charge in [0.05, 0.1) is 0 Å². The van der Waals surface area contributed by atoms with E-state index in [1.54, 1.807) is 11.1 Å². The zero-order valence-electron chi connectivity index (χ0n) is 30.4. The molecule has 2 aromatic rings. The van der Waals surface area contributed by atoms with E-state index in [9.17, 15) is 14.7 Å². The van der Waals surface area contributed by atoms with Crippen molar-refractivity contribution in [1.82, 2.24) is 0 Å². The van der Waals surface area contributed by atoms with E-state index in [0.717, 1.165) is 51.4 Å². The molecule has 0 radical (unpaired) electrons. The van der Waals surface area contributed by atoms with Gasteiger partial charge in [-0.25, -0.2) is 0 Å². The molecule has 48 heavy (non-hydrogen) atoms. The van der Waals surface area contributed by atoms with E-state index in [1.165, 1.54) is 68.1 Å². The van der Waals surface area contributed by atoms with Crippen molar-refractivity contribution in [2.45, 2.75) is 148 Å². The first-order valence-electron chi connectivity index (χ1n) is 19.8. The molecule has 0 saturated heterocycles. The Morgan fingerprint density at radius 2 is 1.02 bits per heavy atom. The number of ketones is 2. The molecule has 6 fully saturated rings. The topological polar surface area (TPSA) is 54.4 Å². The smallest absolute Gasteiger partial charge is 0.139 e. The van der Waals surface area contributed by atoms with Gasteiger partial charge in [0.15, 0.2) is 0 Å². The van der Waals surface area contributed by atoms with Gasteiger partial charge < -0.3 is 5.11 Å². The second-order valence-corrected chi connectivity index (χ2v) is 19.3. The van der Waals surface area contributed by atoms with Gasteiger partial charge in [-0.05, 0) is 177 Å². The summed E-state index contributed by atoms with van der Waals surface area (Å²) in [6, 6.07) is 13.1. The van der Waals surface area contributed by atoms with Gasteiger partial charge in [0.1, 0.15) is 17.3 Å². The Hall–Kier alpha value is -2.42. The van der Waals surface area contributed by atoms with Crippen LogP contribution in [0.1, 0.15) is 145 Å². The third-order valence-corrected chi connectivity index (χ3v) is 18.0. The van der Waals surface area contributed by atoms with Crippen LogP contribution in [0.3, 0.4) is 0 Å². The van der Waals surface area contributed by atoms with Crippen LogP contribution in [0.2, 0.25) is 0 Å². The number of Topliss-reactive ketones (excluding diaryl/α,β-unsaturated/α-hetero) is 2. The first-order chi connectivity index (χ1) is 22.8. The van der Waals surface area contributed by atoms with Crippen LogP contribution in [0, 0.1) is 52.3 Å². The summed E-state index contributed by atoms with van der Waals surface area (Å²) in [4.78, 5) is 26.1. The second-order valence-electron chi connectivity index (χ2n) is 19.3. The molecular formula is C45H58O3. The van der Waals surface area contributed by atoms with E-state index in [-0.39, 0.29) is 21.7 Å². The number of benzene rings is 2. The molecule has 4 unspecified atom stereocenters. The van der Waals surface area contributed by atoms with E-state index in [0.29, 0.717) is 51.8 Å². The standard InChI is InChI=1S/C23H30O.C22H28O2/c1-15-4-6-17-16(14-15)5-7-18-19-8-10-21(2)11-9-20(24)23(19,21)13-12-22(17,18)3;1-20-9-7-18-17-5-3-14-13-15(23)4-6-16(14)21(17,2)11-12-22(18,20)19(24)8-10-20/h4,6,14,18-19H,5,7-13H2,1-3H3;4,6,13,17-18,23H,3,5,7-12H2,1-2H3/t18?,19?,21-,22+,23+;17?,18?,20-,21+,22+/m00/s1. The van der Waals surface area contributed by atoms with Crippen LogP contribution in [-0.4, -0.2) is 16.7 Å². The van der Waals surface area contributed by atoms with E-state index in [4.69, 9.17) is 0 Å². The third-order valence-electron chi connectivity index (χ3n) is 18.0. The summed E-state index contributed by atoms with van der Waals surface area (Å²) in [5.74, 6) is 4.18. The highest BCUT2D eigenvalue weighted by molar-refractivity contribution is 5.90. The van der Waals surface area contributed by atoms with E-state index in [1.807, 2.05) is 12.1 Å². The maximum absolute atomic E-state index is 13.1. The Labute approximate surface area is 289 Å². The lowest BCUT2D eigenvalue weighted by Crippen LogP contribution is -2.54. The van der Waals surface area contributed by atoms with Crippen LogP contribution in [-0.2, 0) is 33.3 Å². The molecule has 2 aromatic carbocycles. The Kier molecular flexibility index (Phi) is 6.64. The first-order valence-corrected chi connectivity index (χ1v) is 19.8. The van der Waals surface area contributed by atoms with Crippen LogP contribution in [0.4, 0.5) is 0 Å². The highest BCUT2D eigenvalue weighted by atomic mass is 16.3. The number of aromatic hydroxyl groups is 1. The average molecular weight is 647 g/mol. The summed E-state index contributed by atoms with van der Waals surface area (Å²) >= 11 is 0. The van der Waals surface area contributed by atoms with E-state index >= 15 is 0 Å². The van der Waals surface area contributed by atoms with Gasteiger partial charge in [-0.3, -0.25) is 9.59 Å². The van der Waals surface area contributed by atoms with Crippen molar-refractivity contribution in [3.8, 4) is 5.75 Å². The molecule has 6 saturated carbocycles. The molecular weight excluding hydrogens is 588 g/mol. The lowest BCUT2D eigenvalue weighted by atomic mass is 9.46. The number of phenols is 1. The number of hydrogen-bond acceptors (Lipinski definition) is 3. The van der Waals surface area contributed by atoms with Gasteiger partial charge >= 0.3 is 0 Å². The number of fused-ring (bicyclic) bond motifs is 8. The van der Waals surface area contributed by atoms with Crippen molar-refractivity contribution >= 4 is 11.6 Å². The van der Waals surface area contributed by atoms with E-state index < -0.39 is 0 Å². The summed E-state index contributed by atoms with van der Waals surface area (Å²) in [7, 11) is 0. The fraction of sp³-hybridized carbons (Fsp3) is 0.689. The molecule has 0 bridgehead atoms. The second kappa shape index (κ2) is 10.1. The molecule has 3 heteroatoms. The number of rotatable bonds is 0. The van der Waals surface area contributed by atoms with Crippen molar-refractivity contribution in [3.63, 3.8) is 0 Å². The molecule has 0 aromatic heterocycles. The molecule has 0 aliphatic heterocycles. The average Bonchev–Trinajstić information content (AvgIpc) is 3.70. The summed E-state index contributed by atoms with van der Waals surface area (Å²) < 4.78 is 0.